The third-order valence-electron chi connectivity index (χ3n) is 5.80. The summed E-state index contributed by atoms with van der Waals surface area (Å²) in [5.41, 5.74) is 3.45. The van der Waals surface area contributed by atoms with Crippen molar-refractivity contribution in [3.05, 3.63) is 82.8 Å². The lowest BCUT2D eigenvalue weighted by Gasteiger charge is -2.20. The number of fused-ring (bicyclic) bond motifs is 1. The average molecular weight is 443 g/mol. The number of H-pyrrole nitrogens is 1. The molecule has 8 heteroatoms. The lowest BCUT2D eigenvalue weighted by Crippen LogP contribution is -2.30. The Morgan fingerprint density at radius 3 is 2.67 bits per heavy atom. The van der Waals surface area contributed by atoms with E-state index < -0.39 is 17.7 Å². The van der Waals surface area contributed by atoms with Crippen molar-refractivity contribution in [3.63, 3.8) is 0 Å². The number of hydrogen-bond acceptors (Lipinski definition) is 6. The Kier molecular flexibility index (Phi) is 4.78. The smallest absolute Gasteiger partial charge is 0.302 e. The van der Waals surface area contributed by atoms with Gasteiger partial charge in [0.2, 0.25) is 5.95 Å². The number of anilines is 1. The number of rotatable bonds is 4. The fraction of sp³-hybridized carbons (Fsp3) is 0.160. The molecule has 8 nitrogen and oxygen atoms in total. The van der Waals surface area contributed by atoms with E-state index in [0.717, 1.165) is 11.1 Å². The number of nitrogens with one attached hydrogen (secondary N) is 1. The Morgan fingerprint density at radius 2 is 1.97 bits per heavy atom. The lowest BCUT2D eigenvalue weighted by molar-refractivity contribution is -0.132. The van der Waals surface area contributed by atoms with Gasteiger partial charge >= 0.3 is 5.91 Å². The highest BCUT2D eigenvalue weighted by atomic mass is 16.5. The van der Waals surface area contributed by atoms with E-state index in [1.807, 2.05) is 25.1 Å². The number of nitrogens with zero attached hydrogens (tertiary/aromatic N) is 2. The Hall–Kier alpha value is -4.33. The van der Waals surface area contributed by atoms with Gasteiger partial charge in [-0.05, 0) is 67.4 Å². The fourth-order valence-corrected chi connectivity index (χ4v) is 4.16. The predicted molar refractivity (Wildman–Crippen MR) is 122 cm³/mol. The molecule has 0 bridgehead atoms. The number of furan rings is 1. The van der Waals surface area contributed by atoms with Crippen LogP contribution in [0.1, 0.15) is 28.5 Å². The number of methoxy groups -OCH3 is 1. The van der Waals surface area contributed by atoms with Gasteiger partial charge in [-0.1, -0.05) is 6.07 Å². The molecule has 33 heavy (non-hydrogen) atoms. The summed E-state index contributed by atoms with van der Waals surface area (Å²) in [7, 11) is 1.55. The molecule has 2 aromatic carbocycles. The molecule has 5 rings (SSSR count). The van der Waals surface area contributed by atoms with Crippen molar-refractivity contribution in [1.82, 2.24) is 9.97 Å². The Labute approximate surface area is 189 Å². The summed E-state index contributed by atoms with van der Waals surface area (Å²) in [4.78, 5) is 35.3. The first-order valence-corrected chi connectivity index (χ1v) is 10.3. The lowest BCUT2D eigenvalue weighted by atomic mass is 9.97. The van der Waals surface area contributed by atoms with E-state index in [4.69, 9.17) is 9.15 Å². The minimum absolute atomic E-state index is 0.0696. The zero-order valence-corrected chi connectivity index (χ0v) is 18.2. The number of hydrogen-bond donors (Lipinski definition) is 2. The van der Waals surface area contributed by atoms with Gasteiger partial charge in [0.1, 0.15) is 23.3 Å². The number of benzene rings is 2. The maximum atomic E-state index is 13.2. The molecule has 1 fully saturated rings. The molecule has 3 heterocycles. The molecular weight excluding hydrogens is 422 g/mol. The maximum absolute atomic E-state index is 13.2. The van der Waals surface area contributed by atoms with Crippen LogP contribution >= 0.6 is 0 Å². The van der Waals surface area contributed by atoms with Crippen molar-refractivity contribution in [3.8, 4) is 5.75 Å². The molecule has 0 saturated carbocycles. The van der Waals surface area contributed by atoms with E-state index in [9.17, 15) is 14.7 Å². The first-order chi connectivity index (χ1) is 15.9. The van der Waals surface area contributed by atoms with Crippen LogP contribution < -0.4 is 9.64 Å². The van der Waals surface area contributed by atoms with Gasteiger partial charge in [0.25, 0.3) is 5.78 Å². The minimum atomic E-state index is -0.983. The van der Waals surface area contributed by atoms with E-state index in [1.165, 1.54) is 11.2 Å². The van der Waals surface area contributed by atoms with Crippen molar-refractivity contribution in [1.29, 1.82) is 0 Å². The summed E-state index contributed by atoms with van der Waals surface area (Å²) in [6.45, 7) is 3.74. The molecule has 0 aliphatic carbocycles. The number of carbonyl (C=O) groups excluding carboxylic acids is 2. The quantitative estimate of drug-likeness (QED) is 0.275. The molecule has 1 aliphatic heterocycles. The van der Waals surface area contributed by atoms with Gasteiger partial charge in [0, 0.05) is 5.56 Å². The number of aliphatic hydroxyl groups is 1. The van der Waals surface area contributed by atoms with E-state index in [0.29, 0.717) is 28.2 Å². The van der Waals surface area contributed by atoms with Crippen LogP contribution in [0.5, 0.6) is 5.75 Å². The van der Waals surface area contributed by atoms with Gasteiger partial charge in [-0.25, -0.2) is 4.98 Å². The van der Waals surface area contributed by atoms with Crippen molar-refractivity contribution in [2.45, 2.75) is 19.9 Å². The minimum Gasteiger partial charge on any atom is -0.507 e. The highest BCUT2D eigenvalue weighted by molar-refractivity contribution is 6.51. The largest absolute Gasteiger partial charge is 0.507 e. The number of aromatic amines is 1. The Bertz CT molecular complexity index is 1430. The van der Waals surface area contributed by atoms with Crippen LogP contribution in [0.25, 0.3) is 16.8 Å². The van der Waals surface area contributed by atoms with Gasteiger partial charge in [0.05, 0.1) is 30.0 Å². The van der Waals surface area contributed by atoms with Crippen molar-refractivity contribution in [2.75, 3.05) is 12.0 Å². The van der Waals surface area contributed by atoms with E-state index in [2.05, 4.69) is 9.97 Å². The molecule has 1 aliphatic rings. The van der Waals surface area contributed by atoms with Crippen LogP contribution in [-0.4, -0.2) is 33.9 Å². The zero-order valence-electron chi connectivity index (χ0n) is 18.2. The second kappa shape index (κ2) is 7.67. The van der Waals surface area contributed by atoms with Crippen molar-refractivity contribution < 1.29 is 23.8 Å². The number of aromatic nitrogens is 2. The van der Waals surface area contributed by atoms with Crippen molar-refractivity contribution in [2.24, 2.45) is 0 Å². The van der Waals surface area contributed by atoms with E-state index >= 15 is 0 Å². The van der Waals surface area contributed by atoms with Crippen LogP contribution in [0, 0.1) is 13.8 Å². The molecule has 1 saturated heterocycles. The van der Waals surface area contributed by atoms with Crippen LogP contribution in [-0.2, 0) is 9.59 Å². The second-order valence-corrected chi connectivity index (χ2v) is 7.95. The van der Waals surface area contributed by atoms with Crippen LogP contribution in [0.3, 0.4) is 0 Å². The first-order valence-electron chi connectivity index (χ1n) is 10.3. The third kappa shape index (κ3) is 3.27. The number of imidazole rings is 1. The van der Waals surface area contributed by atoms with Gasteiger partial charge in [-0.2, -0.15) is 0 Å². The summed E-state index contributed by atoms with van der Waals surface area (Å²) in [6, 6.07) is 13.1. The highest BCUT2D eigenvalue weighted by Crippen LogP contribution is 2.42. The standard InChI is InChI=1S/C25H21N3O5/c1-13-6-9-17-18(11-13)27-25(26-17)28-21(19-5-4-10-33-19)20(23(30)24(28)31)22(29)16-8-7-15(32-3)12-14(16)2/h4-12,21,29H,1-3H3,(H,26,27)/b22-20+. The molecule has 0 spiro atoms. The Morgan fingerprint density at radius 1 is 1.15 bits per heavy atom. The summed E-state index contributed by atoms with van der Waals surface area (Å²) in [5.74, 6) is -0.766. The fourth-order valence-electron chi connectivity index (χ4n) is 4.16. The number of carbonyl (C=O) groups is 2. The first kappa shape index (κ1) is 20.6. The number of aliphatic hydroxyl groups excluding tert-OH is 1. The van der Waals surface area contributed by atoms with Crippen LogP contribution in [0.4, 0.5) is 5.95 Å². The molecule has 4 aromatic rings. The summed E-state index contributed by atoms with van der Waals surface area (Å²) < 4.78 is 10.8. The number of amides is 1. The van der Waals surface area contributed by atoms with Gasteiger partial charge in [0.15, 0.2) is 0 Å². The summed E-state index contributed by atoms with van der Waals surface area (Å²) in [6.07, 6.45) is 1.45. The van der Waals surface area contributed by atoms with Crippen molar-refractivity contribution >= 4 is 34.4 Å². The SMILES string of the molecule is COc1ccc(/C(O)=C2\C(=O)C(=O)N(c3nc4ccc(C)cc4[nH]3)C2c2ccco2)c(C)c1. The number of aryl methyl sites for hydroxylation is 2. The van der Waals surface area contributed by atoms with Crippen LogP contribution in [0.15, 0.2) is 64.8 Å². The maximum Gasteiger partial charge on any atom is 0.302 e. The molecule has 1 atom stereocenters. The summed E-state index contributed by atoms with van der Waals surface area (Å²) >= 11 is 0. The van der Waals surface area contributed by atoms with Gasteiger partial charge < -0.3 is 19.2 Å². The number of Topliss-reactive ketones (excluding diaryl/α,β-unsaturated/α-hetero) is 1. The molecule has 2 N–H and O–H groups in total. The molecule has 1 unspecified atom stereocenters. The molecule has 1 amide bonds. The highest BCUT2D eigenvalue weighted by Gasteiger charge is 2.49. The molecule has 2 aromatic heterocycles. The number of ether oxygens (including phenoxy) is 1. The normalized spacial score (nSPS) is 17.8. The molecule has 0 radical (unpaired) electrons. The molecular formula is C25H21N3O5. The predicted octanol–water partition coefficient (Wildman–Crippen LogP) is 4.41. The van der Waals surface area contributed by atoms with Gasteiger partial charge in [-0.15, -0.1) is 0 Å². The van der Waals surface area contributed by atoms with E-state index in [1.54, 1.807) is 44.4 Å². The monoisotopic (exact) mass is 443 g/mol. The average Bonchev–Trinajstić information content (AvgIpc) is 3.52. The van der Waals surface area contributed by atoms with E-state index in [-0.39, 0.29) is 17.3 Å². The van der Waals surface area contributed by atoms with Gasteiger partial charge in [-0.3, -0.25) is 14.5 Å². The zero-order chi connectivity index (χ0) is 23.3. The second-order valence-electron chi connectivity index (χ2n) is 7.95. The summed E-state index contributed by atoms with van der Waals surface area (Å²) in [5, 5.41) is 11.2. The third-order valence-corrected chi connectivity index (χ3v) is 5.80. The topological polar surface area (TPSA) is 109 Å². The number of ketones is 1. The molecule has 166 valence electrons. The Balaban J connectivity index is 1.71. The van der Waals surface area contributed by atoms with Crippen LogP contribution in [0.2, 0.25) is 0 Å².